The van der Waals surface area contributed by atoms with Gasteiger partial charge in [0.1, 0.15) is 4.91 Å². The molecular weight excluding hydrogens is 422 g/mol. The first-order valence-corrected chi connectivity index (χ1v) is 11.7. The van der Waals surface area contributed by atoms with Gasteiger partial charge in [-0.15, -0.1) is 0 Å². The van der Waals surface area contributed by atoms with E-state index in [1.807, 2.05) is 73.8 Å². The third kappa shape index (κ3) is 3.89. The summed E-state index contributed by atoms with van der Waals surface area (Å²) in [6.45, 7) is 2.55. The molecule has 2 heterocycles. The zero-order chi connectivity index (χ0) is 21.4. The van der Waals surface area contributed by atoms with Gasteiger partial charge in [-0.3, -0.25) is 9.69 Å². The fourth-order valence-electron chi connectivity index (χ4n) is 3.55. The average Bonchev–Trinajstić information content (AvgIpc) is 3.28. The van der Waals surface area contributed by atoms with Crippen LogP contribution in [0.3, 0.4) is 0 Å². The summed E-state index contributed by atoms with van der Waals surface area (Å²) in [7, 11) is 2.02. The Bertz CT molecular complexity index is 1200. The predicted molar refractivity (Wildman–Crippen MR) is 131 cm³/mol. The van der Waals surface area contributed by atoms with E-state index in [9.17, 15) is 4.79 Å². The fraction of sp³-hybridized carbons (Fsp3) is 0.120. The number of nitrogens with zero attached hydrogens (tertiary/aromatic N) is 3. The van der Waals surface area contributed by atoms with E-state index in [0.717, 1.165) is 26.9 Å². The molecule has 31 heavy (non-hydrogen) atoms. The van der Waals surface area contributed by atoms with Crippen molar-refractivity contribution in [1.29, 1.82) is 0 Å². The van der Waals surface area contributed by atoms with Crippen molar-refractivity contribution in [2.45, 2.75) is 18.4 Å². The molecule has 0 spiro atoms. The highest BCUT2D eigenvalue weighted by atomic mass is 32.2. The van der Waals surface area contributed by atoms with Crippen LogP contribution in [0.4, 0.5) is 11.4 Å². The van der Waals surface area contributed by atoms with Gasteiger partial charge in [0.05, 0.1) is 22.9 Å². The van der Waals surface area contributed by atoms with Crippen LogP contribution in [-0.4, -0.2) is 23.0 Å². The third-order valence-electron chi connectivity index (χ3n) is 5.24. The van der Waals surface area contributed by atoms with Gasteiger partial charge in [-0.25, -0.2) is 4.99 Å². The van der Waals surface area contributed by atoms with Crippen LogP contribution in [0.2, 0.25) is 0 Å². The van der Waals surface area contributed by atoms with Gasteiger partial charge >= 0.3 is 0 Å². The number of carbonyl (C=O) groups excluding carboxylic acids is 1. The first kappa shape index (κ1) is 20.0. The highest BCUT2D eigenvalue weighted by molar-refractivity contribution is 8.19. The highest BCUT2D eigenvalue weighted by Crippen LogP contribution is 2.50. The van der Waals surface area contributed by atoms with E-state index < -0.39 is 0 Å². The summed E-state index contributed by atoms with van der Waals surface area (Å²) in [5.41, 5.74) is 4.24. The Labute approximate surface area is 190 Å². The first-order chi connectivity index (χ1) is 15.1. The van der Waals surface area contributed by atoms with Crippen molar-refractivity contribution in [3.05, 3.63) is 99.9 Å². The van der Waals surface area contributed by atoms with E-state index in [0.29, 0.717) is 11.7 Å². The number of aryl methyl sites for hydroxylation is 1. The lowest BCUT2D eigenvalue weighted by Gasteiger charge is -2.16. The maximum absolute atomic E-state index is 13.6. The average molecular weight is 444 g/mol. The normalized spacial score (nSPS) is 19.4. The first-order valence-electron chi connectivity index (χ1n) is 10.0. The Kier molecular flexibility index (Phi) is 5.34. The Hall–Kier alpha value is -2.96. The maximum Gasteiger partial charge on any atom is 0.269 e. The Balaban J connectivity index is 1.55. The zero-order valence-electron chi connectivity index (χ0n) is 17.3. The number of anilines is 1. The molecule has 0 aromatic heterocycles. The molecule has 4 nitrogen and oxygen atoms in total. The molecule has 1 fully saturated rings. The van der Waals surface area contributed by atoms with Crippen molar-refractivity contribution < 1.29 is 4.79 Å². The fourth-order valence-corrected chi connectivity index (χ4v) is 5.90. The Morgan fingerprint density at radius 3 is 2.32 bits per heavy atom. The summed E-state index contributed by atoms with van der Waals surface area (Å²) < 4.78 is 0. The largest absolute Gasteiger partial charge is 0.337 e. The van der Waals surface area contributed by atoms with Crippen LogP contribution in [0.5, 0.6) is 0 Å². The summed E-state index contributed by atoms with van der Waals surface area (Å²) in [5.74, 6) is 0.00173. The number of rotatable bonds is 3. The topological polar surface area (TPSA) is 35.9 Å². The third-order valence-corrected chi connectivity index (χ3v) is 7.67. The molecule has 5 rings (SSSR count). The number of hydrogen-bond acceptors (Lipinski definition) is 5. The van der Waals surface area contributed by atoms with Gasteiger partial charge in [-0.05, 0) is 48.5 Å². The minimum absolute atomic E-state index is 0.00173. The van der Waals surface area contributed by atoms with Crippen LogP contribution in [0, 0.1) is 6.92 Å². The number of amides is 1. The molecule has 3 aromatic carbocycles. The molecule has 1 amide bonds. The molecule has 2 aliphatic heterocycles. The minimum atomic E-state index is 0.00173. The number of fused-ring (bicyclic) bond motifs is 1. The van der Waals surface area contributed by atoms with E-state index >= 15 is 0 Å². The number of amidine groups is 1. The van der Waals surface area contributed by atoms with E-state index in [1.165, 1.54) is 22.2 Å². The minimum Gasteiger partial charge on any atom is -0.337 e. The second kappa shape index (κ2) is 8.29. The zero-order valence-corrected chi connectivity index (χ0v) is 18.9. The number of carbonyl (C=O) groups is 1. The van der Waals surface area contributed by atoms with E-state index in [1.54, 1.807) is 16.7 Å². The van der Waals surface area contributed by atoms with E-state index in [4.69, 9.17) is 4.99 Å². The summed E-state index contributed by atoms with van der Waals surface area (Å²) in [6, 6.07) is 26.4. The molecule has 3 aromatic rings. The van der Waals surface area contributed by atoms with Crippen molar-refractivity contribution in [2.24, 2.45) is 4.99 Å². The number of benzene rings is 3. The van der Waals surface area contributed by atoms with Gasteiger partial charge in [0.2, 0.25) is 0 Å². The molecule has 0 unspecified atom stereocenters. The monoisotopic (exact) mass is 443 g/mol. The molecule has 0 bridgehead atoms. The van der Waals surface area contributed by atoms with Crippen molar-refractivity contribution in [2.75, 3.05) is 11.9 Å². The molecule has 1 saturated heterocycles. The standard InChI is InChI=1S/C25H21N3OS2/c1-17-12-14-19(15-13-17)26-25-28(16-18-8-4-3-5-9-18)23(29)22(31-25)24-27(2)20-10-6-7-11-21(20)30-24/h3-15H,16H2,1-2H3/b24-22-,26-25?. The molecule has 0 radical (unpaired) electrons. The molecule has 0 atom stereocenters. The molecule has 0 saturated carbocycles. The van der Waals surface area contributed by atoms with Gasteiger partial charge < -0.3 is 4.90 Å². The second-order valence-electron chi connectivity index (χ2n) is 7.47. The van der Waals surface area contributed by atoms with Gasteiger partial charge in [0, 0.05) is 11.9 Å². The Morgan fingerprint density at radius 1 is 0.871 bits per heavy atom. The van der Waals surface area contributed by atoms with Crippen molar-refractivity contribution >= 4 is 46.0 Å². The molecular formula is C25H21N3OS2. The van der Waals surface area contributed by atoms with Gasteiger partial charge in [0.15, 0.2) is 5.17 Å². The summed E-state index contributed by atoms with van der Waals surface area (Å²) >= 11 is 3.11. The summed E-state index contributed by atoms with van der Waals surface area (Å²) in [5, 5.41) is 1.67. The molecule has 2 aliphatic rings. The quantitative estimate of drug-likeness (QED) is 0.454. The highest BCUT2D eigenvalue weighted by Gasteiger charge is 2.39. The van der Waals surface area contributed by atoms with Crippen LogP contribution in [-0.2, 0) is 11.3 Å². The van der Waals surface area contributed by atoms with Crippen molar-refractivity contribution in [3.63, 3.8) is 0 Å². The molecule has 6 heteroatoms. The van der Waals surface area contributed by atoms with Gasteiger partial charge in [-0.1, -0.05) is 71.9 Å². The Morgan fingerprint density at radius 2 is 1.58 bits per heavy atom. The second-order valence-corrected chi connectivity index (χ2v) is 9.48. The molecule has 0 aliphatic carbocycles. The van der Waals surface area contributed by atoms with Crippen LogP contribution >= 0.6 is 23.5 Å². The number of aliphatic imine (C=N–C) groups is 1. The van der Waals surface area contributed by atoms with Crippen LogP contribution in [0.15, 0.2) is 98.7 Å². The summed E-state index contributed by atoms with van der Waals surface area (Å²) in [6.07, 6.45) is 0. The number of hydrogen-bond donors (Lipinski definition) is 0. The smallest absolute Gasteiger partial charge is 0.269 e. The lowest BCUT2D eigenvalue weighted by atomic mass is 10.2. The van der Waals surface area contributed by atoms with Crippen molar-refractivity contribution in [1.82, 2.24) is 4.90 Å². The predicted octanol–water partition coefficient (Wildman–Crippen LogP) is 6.17. The van der Waals surface area contributed by atoms with Crippen molar-refractivity contribution in [3.8, 4) is 0 Å². The van der Waals surface area contributed by atoms with E-state index in [-0.39, 0.29) is 5.91 Å². The van der Waals surface area contributed by atoms with Crippen LogP contribution in [0.25, 0.3) is 0 Å². The number of thioether (sulfide) groups is 2. The lowest BCUT2D eigenvalue weighted by molar-refractivity contribution is -0.122. The van der Waals surface area contributed by atoms with Gasteiger partial charge in [-0.2, -0.15) is 0 Å². The van der Waals surface area contributed by atoms with E-state index in [2.05, 4.69) is 24.0 Å². The molecule has 154 valence electrons. The molecule has 0 N–H and O–H groups in total. The van der Waals surface area contributed by atoms with Crippen LogP contribution in [0.1, 0.15) is 11.1 Å². The van der Waals surface area contributed by atoms with Gasteiger partial charge in [0.25, 0.3) is 5.91 Å². The lowest BCUT2D eigenvalue weighted by Crippen LogP contribution is -2.29. The maximum atomic E-state index is 13.6. The summed E-state index contributed by atoms with van der Waals surface area (Å²) in [4.78, 5) is 24.2. The van der Waals surface area contributed by atoms with Crippen LogP contribution < -0.4 is 4.90 Å². The number of para-hydroxylation sites is 1. The SMILES string of the molecule is Cc1ccc(N=C2S/C(=C3\Sc4ccccc4N3C)C(=O)N2Cc2ccccc2)cc1.